The predicted octanol–water partition coefficient (Wildman–Crippen LogP) is 5.35. The van der Waals surface area contributed by atoms with Crippen molar-refractivity contribution in [1.29, 1.82) is 0 Å². The number of aryl methyl sites for hydroxylation is 5. The quantitative estimate of drug-likeness (QED) is 0.767. The van der Waals surface area contributed by atoms with Crippen LogP contribution in [0.3, 0.4) is 0 Å². The van der Waals surface area contributed by atoms with Crippen LogP contribution in [0.2, 0.25) is 0 Å². The second-order valence-corrected chi connectivity index (χ2v) is 7.67. The van der Waals surface area contributed by atoms with Crippen molar-refractivity contribution in [2.24, 2.45) is 0 Å². The summed E-state index contributed by atoms with van der Waals surface area (Å²) in [6.07, 6.45) is 0. The fourth-order valence-corrected chi connectivity index (χ4v) is 3.73. The summed E-state index contributed by atoms with van der Waals surface area (Å²) in [6, 6.07) is 10.6. The fourth-order valence-electron chi connectivity index (χ4n) is 2.68. The van der Waals surface area contributed by atoms with Crippen molar-refractivity contribution in [1.82, 2.24) is 0 Å². The average Bonchev–Trinajstić information content (AvgIpc) is 2.46. The Morgan fingerprint density at radius 3 is 2.13 bits per heavy atom. The summed E-state index contributed by atoms with van der Waals surface area (Å²) in [5.41, 5.74) is 6.81. The largest absolute Gasteiger partial charge is 0.325 e. The Bertz CT molecular complexity index is 713. The molecule has 0 unspecified atom stereocenters. The maximum atomic E-state index is 12.6. The molecule has 0 radical (unpaired) electrons. The average molecular weight is 327 g/mol. The van der Waals surface area contributed by atoms with Gasteiger partial charge >= 0.3 is 0 Å². The van der Waals surface area contributed by atoms with E-state index >= 15 is 0 Å². The van der Waals surface area contributed by atoms with Crippen LogP contribution >= 0.6 is 11.8 Å². The molecule has 0 aromatic heterocycles. The van der Waals surface area contributed by atoms with Crippen LogP contribution in [0.25, 0.3) is 0 Å². The van der Waals surface area contributed by atoms with E-state index in [1.807, 2.05) is 20.8 Å². The highest BCUT2D eigenvalue weighted by Crippen LogP contribution is 2.29. The molecule has 0 aliphatic rings. The van der Waals surface area contributed by atoms with Crippen molar-refractivity contribution in [3.8, 4) is 0 Å². The lowest BCUT2D eigenvalue weighted by Gasteiger charge is -2.17. The highest BCUT2D eigenvalue weighted by molar-refractivity contribution is 8.00. The van der Waals surface area contributed by atoms with Crippen molar-refractivity contribution >= 4 is 23.4 Å². The molecular formula is C20H25NOS. The third-order valence-corrected chi connectivity index (χ3v) is 5.20. The van der Waals surface area contributed by atoms with Gasteiger partial charge in [0.1, 0.15) is 0 Å². The van der Waals surface area contributed by atoms with E-state index in [0.717, 1.165) is 16.8 Å². The van der Waals surface area contributed by atoms with Gasteiger partial charge in [-0.15, -0.1) is 11.8 Å². The maximum Gasteiger partial charge on any atom is 0.237 e. The van der Waals surface area contributed by atoms with E-state index in [4.69, 9.17) is 0 Å². The van der Waals surface area contributed by atoms with Crippen molar-refractivity contribution in [3.05, 3.63) is 58.1 Å². The molecule has 1 atom stereocenters. The highest BCUT2D eigenvalue weighted by atomic mass is 32.2. The van der Waals surface area contributed by atoms with Crippen LogP contribution in [-0.4, -0.2) is 11.2 Å². The molecule has 0 spiro atoms. The second kappa shape index (κ2) is 7.22. The molecule has 0 fully saturated rings. The number of rotatable bonds is 4. The standard InChI is InChI=1S/C20H25NOS/c1-12-7-8-14(3)18(11-12)23-17(6)20(22)21-19-15(4)9-13(2)10-16(19)5/h7-11,17H,1-6H3,(H,21,22)/t17-/m0/s1. The van der Waals surface area contributed by atoms with Crippen LogP contribution in [-0.2, 0) is 4.79 Å². The van der Waals surface area contributed by atoms with E-state index in [1.54, 1.807) is 11.8 Å². The van der Waals surface area contributed by atoms with Gasteiger partial charge in [0.25, 0.3) is 0 Å². The zero-order valence-corrected chi connectivity index (χ0v) is 15.6. The lowest BCUT2D eigenvalue weighted by atomic mass is 10.1. The van der Waals surface area contributed by atoms with Crippen LogP contribution in [0.1, 0.15) is 34.7 Å². The van der Waals surface area contributed by atoms with E-state index in [1.165, 1.54) is 21.6 Å². The fraction of sp³-hybridized carbons (Fsp3) is 0.350. The predicted molar refractivity (Wildman–Crippen MR) is 101 cm³/mol. The normalized spacial score (nSPS) is 12.1. The summed E-state index contributed by atoms with van der Waals surface area (Å²) >= 11 is 1.61. The van der Waals surface area contributed by atoms with Crippen LogP contribution < -0.4 is 5.32 Å². The summed E-state index contributed by atoms with van der Waals surface area (Å²) in [5, 5.41) is 2.96. The van der Waals surface area contributed by atoms with E-state index in [9.17, 15) is 4.79 Å². The summed E-state index contributed by atoms with van der Waals surface area (Å²) in [5.74, 6) is 0.0472. The SMILES string of the molecule is Cc1cc(C)c(NC(=O)[C@H](C)Sc2cc(C)ccc2C)c(C)c1. The topological polar surface area (TPSA) is 29.1 Å². The number of carbonyl (C=O) groups is 1. The van der Waals surface area contributed by atoms with Gasteiger partial charge in [-0.3, -0.25) is 4.79 Å². The molecule has 23 heavy (non-hydrogen) atoms. The first-order valence-corrected chi connectivity index (χ1v) is 8.78. The van der Waals surface area contributed by atoms with Crippen LogP contribution in [0.15, 0.2) is 35.2 Å². The lowest BCUT2D eigenvalue weighted by Crippen LogP contribution is -2.23. The molecule has 3 heteroatoms. The first-order valence-electron chi connectivity index (χ1n) is 7.90. The Morgan fingerprint density at radius 1 is 0.913 bits per heavy atom. The lowest BCUT2D eigenvalue weighted by molar-refractivity contribution is -0.115. The molecule has 2 aromatic carbocycles. The Kier molecular flexibility index (Phi) is 5.53. The van der Waals surface area contributed by atoms with Crippen molar-refractivity contribution < 1.29 is 4.79 Å². The minimum Gasteiger partial charge on any atom is -0.325 e. The number of amides is 1. The van der Waals surface area contributed by atoms with Crippen molar-refractivity contribution in [2.75, 3.05) is 5.32 Å². The molecule has 0 bridgehead atoms. The van der Waals surface area contributed by atoms with Gasteiger partial charge in [0.2, 0.25) is 5.91 Å². The highest BCUT2D eigenvalue weighted by Gasteiger charge is 2.17. The second-order valence-electron chi connectivity index (χ2n) is 6.29. The number of thioether (sulfide) groups is 1. The Hall–Kier alpha value is -1.74. The molecule has 1 N–H and O–H groups in total. The van der Waals surface area contributed by atoms with Gasteiger partial charge in [0.15, 0.2) is 0 Å². The third-order valence-electron chi connectivity index (χ3n) is 3.94. The monoisotopic (exact) mass is 327 g/mol. The van der Waals surface area contributed by atoms with Crippen LogP contribution in [0.4, 0.5) is 5.69 Å². The number of nitrogens with one attached hydrogen (secondary N) is 1. The third kappa shape index (κ3) is 4.38. The zero-order chi connectivity index (χ0) is 17.1. The molecule has 2 nitrogen and oxygen atoms in total. The molecule has 2 aromatic rings. The van der Waals surface area contributed by atoms with Crippen molar-refractivity contribution in [3.63, 3.8) is 0 Å². The first-order chi connectivity index (χ1) is 10.8. The van der Waals surface area contributed by atoms with Gasteiger partial charge < -0.3 is 5.32 Å². The van der Waals surface area contributed by atoms with Gasteiger partial charge in [0.05, 0.1) is 5.25 Å². The Balaban J connectivity index is 2.13. The summed E-state index contributed by atoms with van der Waals surface area (Å²) < 4.78 is 0. The van der Waals surface area contributed by atoms with Gasteiger partial charge in [-0.1, -0.05) is 35.4 Å². The number of hydrogen-bond donors (Lipinski definition) is 1. The summed E-state index contributed by atoms with van der Waals surface area (Å²) in [4.78, 5) is 13.7. The minimum absolute atomic E-state index is 0.0472. The van der Waals surface area contributed by atoms with Crippen LogP contribution in [0.5, 0.6) is 0 Å². The van der Waals surface area contributed by atoms with Gasteiger partial charge in [0, 0.05) is 10.6 Å². The van der Waals surface area contributed by atoms with Gasteiger partial charge in [-0.05, 0) is 64.3 Å². The molecule has 122 valence electrons. The molecule has 0 aliphatic carbocycles. The number of hydrogen-bond acceptors (Lipinski definition) is 2. The van der Waals surface area contributed by atoms with E-state index in [-0.39, 0.29) is 11.2 Å². The summed E-state index contributed by atoms with van der Waals surface area (Å²) in [6.45, 7) is 12.3. The van der Waals surface area contributed by atoms with E-state index < -0.39 is 0 Å². The Morgan fingerprint density at radius 2 is 1.52 bits per heavy atom. The van der Waals surface area contributed by atoms with Gasteiger partial charge in [-0.25, -0.2) is 0 Å². The Labute approximate surface area is 143 Å². The van der Waals surface area contributed by atoms with Gasteiger partial charge in [-0.2, -0.15) is 0 Å². The minimum atomic E-state index is -0.143. The maximum absolute atomic E-state index is 12.6. The van der Waals surface area contributed by atoms with E-state index in [2.05, 4.69) is 56.4 Å². The zero-order valence-electron chi connectivity index (χ0n) is 14.8. The molecule has 0 heterocycles. The van der Waals surface area contributed by atoms with Crippen molar-refractivity contribution in [2.45, 2.75) is 51.7 Å². The number of anilines is 1. The molecule has 2 rings (SSSR count). The van der Waals surface area contributed by atoms with E-state index in [0.29, 0.717) is 0 Å². The smallest absolute Gasteiger partial charge is 0.237 e. The van der Waals surface area contributed by atoms with Crippen LogP contribution in [0, 0.1) is 34.6 Å². The summed E-state index contributed by atoms with van der Waals surface area (Å²) in [7, 11) is 0. The molecule has 0 saturated carbocycles. The molecule has 0 saturated heterocycles. The molecular weight excluding hydrogens is 302 g/mol. The molecule has 1 amide bonds. The molecule has 0 aliphatic heterocycles. The number of benzene rings is 2. The number of carbonyl (C=O) groups excluding carboxylic acids is 1. The first kappa shape index (κ1) is 17.6.